The molecule has 1 saturated carbocycles. The minimum Gasteiger partial charge on any atom is -0.407 e. The van der Waals surface area contributed by atoms with E-state index in [4.69, 9.17) is 9.15 Å². The fourth-order valence-corrected chi connectivity index (χ4v) is 4.27. The normalized spacial score (nSPS) is 28.2. The summed E-state index contributed by atoms with van der Waals surface area (Å²) in [6, 6.07) is 6.85. The first kappa shape index (κ1) is 18.2. The van der Waals surface area contributed by atoms with Gasteiger partial charge in [0, 0.05) is 31.8 Å². The Morgan fingerprint density at radius 2 is 1.93 bits per heavy atom. The fraction of sp³-hybridized carbons (Fsp3) is 0.650. The summed E-state index contributed by atoms with van der Waals surface area (Å²) in [7, 11) is 1.80. The highest BCUT2D eigenvalue weighted by atomic mass is 16.5. The van der Waals surface area contributed by atoms with E-state index < -0.39 is 0 Å². The van der Waals surface area contributed by atoms with E-state index in [0.29, 0.717) is 23.7 Å². The summed E-state index contributed by atoms with van der Waals surface area (Å²) in [4.78, 5) is 6.65. The van der Waals surface area contributed by atoms with Crippen LogP contribution in [-0.4, -0.2) is 47.5 Å². The molecule has 2 fully saturated rings. The van der Waals surface area contributed by atoms with Gasteiger partial charge in [-0.3, -0.25) is 0 Å². The molecule has 2 aromatic heterocycles. The average molecular weight is 371 g/mol. The molecule has 0 bridgehead atoms. The first-order valence-corrected chi connectivity index (χ1v) is 9.73. The topological polar surface area (TPSA) is 76.3 Å². The van der Waals surface area contributed by atoms with Gasteiger partial charge in [0.25, 0.3) is 0 Å². The highest BCUT2D eigenvalue weighted by Gasteiger charge is 2.44. The van der Waals surface area contributed by atoms with Gasteiger partial charge >= 0.3 is 6.01 Å². The third-order valence-electron chi connectivity index (χ3n) is 5.74. The standard InChI is InChI=1S/C20H29N5O2/c1-20(2,3)18-23-24-19(27-18)25-11-13-9-15(16(26-4)10-14(13)12-25)22-17-7-5-6-8-21-17/h5-8,13-16H,9-12H2,1-4H3,(H,21,22)/t13-,14+,15-,16-/m1/s1. The van der Waals surface area contributed by atoms with Crippen LogP contribution >= 0.6 is 0 Å². The molecule has 1 N–H and O–H groups in total. The quantitative estimate of drug-likeness (QED) is 0.885. The number of hydrogen-bond acceptors (Lipinski definition) is 7. The van der Waals surface area contributed by atoms with Crippen molar-refractivity contribution in [2.45, 2.75) is 51.2 Å². The molecule has 1 saturated heterocycles. The summed E-state index contributed by atoms with van der Waals surface area (Å²) < 4.78 is 11.8. The van der Waals surface area contributed by atoms with Crippen molar-refractivity contribution in [2.24, 2.45) is 11.8 Å². The maximum absolute atomic E-state index is 5.96. The van der Waals surface area contributed by atoms with Gasteiger partial charge in [-0.05, 0) is 36.8 Å². The van der Waals surface area contributed by atoms with Crippen molar-refractivity contribution in [1.29, 1.82) is 0 Å². The van der Waals surface area contributed by atoms with Gasteiger partial charge in [0.15, 0.2) is 0 Å². The molecule has 2 aromatic rings. The number of rotatable bonds is 4. The van der Waals surface area contributed by atoms with E-state index in [-0.39, 0.29) is 17.6 Å². The predicted molar refractivity (Wildman–Crippen MR) is 104 cm³/mol. The van der Waals surface area contributed by atoms with E-state index in [2.05, 4.69) is 46.2 Å². The number of anilines is 2. The van der Waals surface area contributed by atoms with E-state index in [1.807, 2.05) is 24.4 Å². The maximum Gasteiger partial charge on any atom is 0.318 e. The Balaban J connectivity index is 1.45. The van der Waals surface area contributed by atoms with E-state index in [9.17, 15) is 0 Å². The molecule has 146 valence electrons. The van der Waals surface area contributed by atoms with Crippen LogP contribution in [0.25, 0.3) is 0 Å². The van der Waals surface area contributed by atoms with Crippen molar-refractivity contribution >= 4 is 11.8 Å². The summed E-state index contributed by atoms with van der Waals surface area (Å²) in [5.74, 6) is 2.77. The Morgan fingerprint density at radius 3 is 2.56 bits per heavy atom. The lowest BCUT2D eigenvalue weighted by molar-refractivity contribution is 0.0305. The average Bonchev–Trinajstić information content (AvgIpc) is 3.28. The lowest BCUT2D eigenvalue weighted by Crippen LogP contribution is -2.44. The predicted octanol–water partition coefficient (Wildman–Crippen LogP) is 3.10. The molecule has 7 heteroatoms. The molecule has 7 nitrogen and oxygen atoms in total. The summed E-state index contributed by atoms with van der Waals surface area (Å²) in [5.41, 5.74) is -0.128. The molecule has 2 aliphatic rings. The number of nitrogens with zero attached hydrogens (tertiary/aromatic N) is 4. The van der Waals surface area contributed by atoms with Crippen molar-refractivity contribution in [3.63, 3.8) is 0 Å². The number of hydrogen-bond donors (Lipinski definition) is 1. The molecule has 0 spiro atoms. The monoisotopic (exact) mass is 371 g/mol. The summed E-state index contributed by atoms with van der Waals surface area (Å²) in [6.45, 7) is 8.17. The Bertz CT molecular complexity index is 757. The van der Waals surface area contributed by atoms with Crippen molar-refractivity contribution in [1.82, 2.24) is 15.2 Å². The van der Waals surface area contributed by atoms with Gasteiger partial charge in [-0.15, -0.1) is 5.10 Å². The van der Waals surface area contributed by atoms with E-state index in [1.54, 1.807) is 7.11 Å². The molecule has 27 heavy (non-hydrogen) atoms. The Morgan fingerprint density at radius 1 is 1.15 bits per heavy atom. The van der Waals surface area contributed by atoms with Crippen LogP contribution in [0.1, 0.15) is 39.5 Å². The molecular formula is C20H29N5O2. The minimum absolute atomic E-state index is 0.128. The minimum atomic E-state index is -0.128. The molecule has 0 radical (unpaired) electrons. The largest absolute Gasteiger partial charge is 0.407 e. The van der Waals surface area contributed by atoms with Crippen molar-refractivity contribution in [3.8, 4) is 0 Å². The number of fused-ring (bicyclic) bond motifs is 1. The van der Waals surface area contributed by atoms with Gasteiger partial charge in [-0.2, -0.15) is 0 Å². The van der Waals surface area contributed by atoms with Crippen LogP contribution in [0, 0.1) is 11.8 Å². The van der Waals surface area contributed by atoms with Crippen LogP contribution in [0.5, 0.6) is 0 Å². The van der Waals surface area contributed by atoms with Gasteiger partial charge < -0.3 is 19.4 Å². The number of methoxy groups -OCH3 is 1. The maximum atomic E-state index is 5.96. The van der Waals surface area contributed by atoms with Gasteiger partial charge in [0.2, 0.25) is 5.89 Å². The second-order valence-corrected chi connectivity index (χ2v) is 8.78. The molecule has 4 atom stereocenters. The molecule has 4 rings (SSSR count). The number of aromatic nitrogens is 3. The molecule has 0 aromatic carbocycles. The molecule has 0 amide bonds. The number of pyridine rings is 1. The van der Waals surface area contributed by atoms with Crippen LogP contribution < -0.4 is 10.2 Å². The second-order valence-electron chi connectivity index (χ2n) is 8.78. The Hall–Kier alpha value is -2.15. The van der Waals surface area contributed by atoms with Crippen molar-refractivity contribution < 1.29 is 9.15 Å². The van der Waals surface area contributed by atoms with E-state index in [0.717, 1.165) is 31.7 Å². The zero-order valence-corrected chi connectivity index (χ0v) is 16.6. The van der Waals surface area contributed by atoms with Gasteiger partial charge in [-0.25, -0.2) is 4.98 Å². The number of ether oxygens (including phenoxy) is 1. The lowest BCUT2D eigenvalue weighted by Gasteiger charge is -2.37. The number of nitrogens with one attached hydrogen (secondary N) is 1. The first-order chi connectivity index (χ1) is 12.9. The van der Waals surface area contributed by atoms with Crippen LogP contribution in [-0.2, 0) is 10.2 Å². The van der Waals surface area contributed by atoms with Crippen molar-refractivity contribution in [3.05, 3.63) is 30.3 Å². The zero-order chi connectivity index (χ0) is 19.0. The highest BCUT2D eigenvalue weighted by molar-refractivity contribution is 5.36. The fourth-order valence-electron chi connectivity index (χ4n) is 4.27. The highest BCUT2D eigenvalue weighted by Crippen LogP contribution is 2.40. The molecule has 0 unspecified atom stereocenters. The third-order valence-corrected chi connectivity index (χ3v) is 5.74. The van der Waals surface area contributed by atoms with Crippen LogP contribution in [0.3, 0.4) is 0 Å². The van der Waals surface area contributed by atoms with E-state index in [1.165, 1.54) is 0 Å². The van der Waals surface area contributed by atoms with Gasteiger partial charge in [0.05, 0.1) is 12.1 Å². The van der Waals surface area contributed by atoms with Crippen LogP contribution in [0.2, 0.25) is 0 Å². The SMILES string of the molecule is CO[C@@H]1C[C@H]2CN(c3nnc(C(C)(C)C)o3)C[C@H]2C[C@H]1Nc1ccccn1. The summed E-state index contributed by atoms with van der Waals surface area (Å²) in [5, 5.41) is 12.1. The van der Waals surface area contributed by atoms with Crippen LogP contribution in [0.15, 0.2) is 28.8 Å². The summed E-state index contributed by atoms with van der Waals surface area (Å²) >= 11 is 0. The van der Waals surface area contributed by atoms with E-state index >= 15 is 0 Å². The Kier molecular flexibility index (Phi) is 4.80. The van der Waals surface area contributed by atoms with Crippen LogP contribution in [0.4, 0.5) is 11.8 Å². The first-order valence-electron chi connectivity index (χ1n) is 9.73. The molecule has 3 heterocycles. The zero-order valence-electron chi connectivity index (χ0n) is 16.6. The molecular weight excluding hydrogens is 342 g/mol. The Labute approximate surface area is 160 Å². The van der Waals surface area contributed by atoms with Gasteiger partial charge in [-0.1, -0.05) is 31.9 Å². The third kappa shape index (κ3) is 3.78. The smallest absolute Gasteiger partial charge is 0.318 e. The lowest BCUT2D eigenvalue weighted by atomic mass is 9.77. The van der Waals surface area contributed by atoms with Gasteiger partial charge in [0.1, 0.15) is 5.82 Å². The van der Waals surface area contributed by atoms with Crippen molar-refractivity contribution in [2.75, 3.05) is 30.4 Å². The second kappa shape index (κ2) is 7.11. The molecule has 1 aliphatic carbocycles. The summed E-state index contributed by atoms with van der Waals surface area (Å²) in [6.07, 6.45) is 4.08. The molecule has 1 aliphatic heterocycles.